The van der Waals surface area contributed by atoms with Crippen LogP contribution in [0.5, 0.6) is 0 Å². The zero-order valence-corrected chi connectivity index (χ0v) is 13.2. The molecule has 0 unspecified atom stereocenters. The van der Waals surface area contributed by atoms with Gasteiger partial charge in [-0.25, -0.2) is 4.79 Å². The highest BCUT2D eigenvalue weighted by molar-refractivity contribution is 6.28. The Labute approximate surface area is 129 Å². The van der Waals surface area contributed by atoms with E-state index in [4.69, 9.17) is 0 Å². The molecule has 0 saturated carbocycles. The molecule has 1 rings (SSSR count). The fourth-order valence-corrected chi connectivity index (χ4v) is 1.87. The van der Waals surface area contributed by atoms with E-state index in [0.29, 0.717) is 0 Å². The maximum absolute atomic E-state index is 11.9. The lowest BCUT2D eigenvalue weighted by molar-refractivity contribution is -0.134. The van der Waals surface area contributed by atoms with Crippen LogP contribution in [0, 0.1) is 0 Å². The molecular formula is C15H21N3O4. The standard InChI is InChI=1S/C15H21N3O4/c1-5-18(6-2)9-7-8-11(19)10-12-13(20)16(3)15(22)17(4)14(12)21/h7-10,19H,5-6H2,1-4H3/b9-7+,11-8-. The third-order valence-corrected chi connectivity index (χ3v) is 3.31. The molecule has 0 aliphatic carbocycles. The number of amides is 4. The molecule has 1 aliphatic heterocycles. The molecular weight excluding hydrogens is 286 g/mol. The Bertz CT molecular complexity index is 533. The summed E-state index contributed by atoms with van der Waals surface area (Å²) in [5, 5.41) is 9.82. The lowest BCUT2D eigenvalue weighted by Crippen LogP contribution is -2.53. The molecule has 7 heteroatoms. The Morgan fingerprint density at radius 1 is 1.09 bits per heavy atom. The maximum Gasteiger partial charge on any atom is 0.333 e. The highest BCUT2D eigenvalue weighted by atomic mass is 16.3. The SMILES string of the molecule is CCN(/C=C/C=C(\O)C=C1C(=O)N(C)C(=O)N(C)C1=O)CC. The molecule has 0 aromatic heterocycles. The Balaban J connectivity index is 2.97. The van der Waals surface area contributed by atoms with E-state index in [1.807, 2.05) is 18.7 Å². The zero-order chi connectivity index (χ0) is 16.9. The van der Waals surface area contributed by atoms with Gasteiger partial charge in [0.15, 0.2) is 0 Å². The van der Waals surface area contributed by atoms with E-state index in [2.05, 4.69) is 0 Å². The van der Waals surface area contributed by atoms with Crippen LogP contribution in [0.15, 0.2) is 35.8 Å². The molecule has 1 heterocycles. The Hall–Kier alpha value is -2.57. The molecule has 1 aliphatic rings. The van der Waals surface area contributed by atoms with Crippen molar-refractivity contribution < 1.29 is 19.5 Å². The Morgan fingerprint density at radius 2 is 1.59 bits per heavy atom. The first-order valence-electron chi connectivity index (χ1n) is 6.96. The fraction of sp³-hybridized carbons (Fsp3) is 0.400. The van der Waals surface area contributed by atoms with E-state index in [1.54, 1.807) is 12.3 Å². The van der Waals surface area contributed by atoms with Gasteiger partial charge in [-0.2, -0.15) is 0 Å². The topological polar surface area (TPSA) is 81.2 Å². The largest absolute Gasteiger partial charge is 0.508 e. The highest BCUT2D eigenvalue weighted by Gasteiger charge is 2.37. The van der Waals surface area contributed by atoms with Crippen molar-refractivity contribution in [1.82, 2.24) is 14.7 Å². The molecule has 7 nitrogen and oxygen atoms in total. The average molecular weight is 307 g/mol. The number of hydrogen-bond acceptors (Lipinski definition) is 5. The zero-order valence-electron chi connectivity index (χ0n) is 13.2. The summed E-state index contributed by atoms with van der Waals surface area (Å²) in [6.07, 6.45) is 5.86. The van der Waals surface area contributed by atoms with Crippen molar-refractivity contribution in [2.75, 3.05) is 27.2 Å². The van der Waals surface area contributed by atoms with Crippen LogP contribution in [-0.2, 0) is 9.59 Å². The molecule has 22 heavy (non-hydrogen) atoms. The first-order chi connectivity index (χ1) is 10.3. The van der Waals surface area contributed by atoms with Crippen LogP contribution in [0.1, 0.15) is 13.8 Å². The van der Waals surface area contributed by atoms with Gasteiger partial charge in [0.1, 0.15) is 11.3 Å². The van der Waals surface area contributed by atoms with Crippen molar-refractivity contribution in [3.05, 3.63) is 35.8 Å². The molecule has 1 N–H and O–H groups in total. The molecule has 0 spiro atoms. The lowest BCUT2D eigenvalue weighted by atomic mass is 10.1. The number of rotatable bonds is 5. The summed E-state index contributed by atoms with van der Waals surface area (Å²) in [5.41, 5.74) is -0.255. The number of imide groups is 2. The molecule has 1 fully saturated rings. The van der Waals surface area contributed by atoms with Crippen molar-refractivity contribution in [3.63, 3.8) is 0 Å². The molecule has 0 aromatic rings. The number of likely N-dealkylation sites (N-methyl/N-ethyl adjacent to an activating group) is 2. The van der Waals surface area contributed by atoms with Crippen molar-refractivity contribution >= 4 is 17.8 Å². The Kier molecular flexibility index (Phi) is 5.91. The summed E-state index contributed by atoms with van der Waals surface area (Å²) in [6, 6.07) is -0.697. The van der Waals surface area contributed by atoms with Crippen LogP contribution in [-0.4, -0.2) is 64.8 Å². The fourth-order valence-electron chi connectivity index (χ4n) is 1.87. The number of aliphatic hydroxyl groups is 1. The third kappa shape index (κ3) is 3.75. The summed E-state index contributed by atoms with van der Waals surface area (Å²) in [4.78, 5) is 39.1. The second-order valence-corrected chi connectivity index (χ2v) is 4.72. The van der Waals surface area contributed by atoms with Crippen molar-refractivity contribution in [1.29, 1.82) is 0 Å². The summed E-state index contributed by atoms with van der Waals surface area (Å²) in [5.74, 6) is -1.71. The van der Waals surface area contributed by atoms with Gasteiger partial charge in [0.2, 0.25) is 0 Å². The molecule has 0 bridgehead atoms. The number of urea groups is 1. The van der Waals surface area contributed by atoms with E-state index in [0.717, 1.165) is 29.0 Å². The van der Waals surface area contributed by atoms with Crippen molar-refractivity contribution in [2.24, 2.45) is 0 Å². The molecule has 4 amide bonds. The van der Waals surface area contributed by atoms with E-state index in [9.17, 15) is 19.5 Å². The average Bonchev–Trinajstić information content (AvgIpc) is 2.52. The predicted molar refractivity (Wildman–Crippen MR) is 81.8 cm³/mol. The number of nitrogens with zero attached hydrogens (tertiary/aromatic N) is 3. The van der Waals surface area contributed by atoms with E-state index < -0.39 is 17.8 Å². The van der Waals surface area contributed by atoms with Crippen LogP contribution >= 0.6 is 0 Å². The number of aliphatic hydroxyl groups excluding tert-OH is 1. The number of allylic oxidation sites excluding steroid dienone is 3. The van der Waals surface area contributed by atoms with Crippen molar-refractivity contribution in [2.45, 2.75) is 13.8 Å². The number of carbonyl (C=O) groups excluding carboxylic acids is 3. The van der Waals surface area contributed by atoms with Crippen LogP contribution in [0.4, 0.5) is 4.79 Å². The minimum absolute atomic E-state index is 0.240. The quantitative estimate of drug-likeness (QED) is 0.358. The summed E-state index contributed by atoms with van der Waals surface area (Å²) >= 11 is 0. The monoisotopic (exact) mass is 307 g/mol. The summed E-state index contributed by atoms with van der Waals surface area (Å²) in [7, 11) is 2.56. The maximum atomic E-state index is 11.9. The van der Waals surface area contributed by atoms with Crippen molar-refractivity contribution in [3.8, 4) is 0 Å². The normalized spacial score (nSPS) is 16.8. The van der Waals surface area contributed by atoms with Gasteiger partial charge >= 0.3 is 6.03 Å². The highest BCUT2D eigenvalue weighted by Crippen LogP contribution is 2.15. The van der Waals surface area contributed by atoms with Gasteiger partial charge < -0.3 is 10.0 Å². The van der Waals surface area contributed by atoms with Crippen LogP contribution < -0.4 is 0 Å². The summed E-state index contributed by atoms with van der Waals surface area (Å²) < 4.78 is 0. The number of barbiturate groups is 1. The van der Waals surface area contributed by atoms with Crippen LogP contribution in [0.3, 0.4) is 0 Å². The molecule has 120 valence electrons. The van der Waals surface area contributed by atoms with Gasteiger partial charge in [0.25, 0.3) is 11.8 Å². The lowest BCUT2D eigenvalue weighted by Gasteiger charge is -2.28. The second-order valence-electron chi connectivity index (χ2n) is 4.72. The smallest absolute Gasteiger partial charge is 0.333 e. The van der Waals surface area contributed by atoms with Gasteiger partial charge in [0, 0.05) is 27.2 Å². The molecule has 0 radical (unpaired) electrons. The molecule has 0 atom stereocenters. The van der Waals surface area contributed by atoms with E-state index in [-0.39, 0.29) is 11.3 Å². The Morgan fingerprint density at radius 3 is 2.05 bits per heavy atom. The van der Waals surface area contributed by atoms with Gasteiger partial charge in [-0.3, -0.25) is 19.4 Å². The van der Waals surface area contributed by atoms with Gasteiger partial charge in [-0.1, -0.05) is 0 Å². The predicted octanol–water partition coefficient (Wildman–Crippen LogP) is 1.26. The van der Waals surface area contributed by atoms with E-state index >= 15 is 0 Å². The first-order valence-corrected chi connectivity index (χ1v) is 6.96. The second kappa shape index (κ2) is 7.44. The van der Waals surface area contributed by atoms with Gasteiger partial charge in [0.05, 0.1) is 0 Å². The van der Waals surface area contributed by atoms with Crippen LogP contribution in [0.25, 0.3) is 0 Å². The molecule has 0 aromatic carbocycles. The minimum atomic E-state index is -0.735. The van der Waals surface area contributed by atoms with Gasteiger partial charge in [-0.05, 0) is 38.3 Å². The third-order valence-electron chi connectivity index (χ3n) is 3.31. The first kappa shape index (κ1) is 17.5. The van der Waals surface area contributed by atoms with Gasteiger partial charge in [-0.15, -0.1) is 0 Å². The summed E-state index contributed by atoms with van der Waals surface area (Å²) in [6.45, 7) is 5.66. The number of hydrogen-bond donors (Lipinski definition) is 1. The van der Waals surface area contributed by atoms with Crippen LogP contribution in [0.2, 0.25) is 0 Å². The minimum Gasteiger partial charge on any atom is -0.508 e. The van der Waals surface area contributed by atoms with E-state index in [1.165, 1.54) is 20.2 Å². The molecule has 1 saturated heterocycles. The number of carbonyl (C=O) groups is 3.